The molecule has 2 heterocycles. The first-order valence-corrected chi connectivity index (χ1v) is 9.20. The summed E-state index contributed by atoms with van der Waals surface area (Å²) in [6.07, 6.45) is 3.15. The highest BCUT2D eigenvalue weighted by Crippen LogP contribution is 2.30. The first kappa shape index (κ1) is 18.6. The van der Waals surface area contributed by atoms with Crippen molar-refractivity contribution in [1.29, 1.82) is 0 Å². The molecule has 0 bridgehead atoms. The highest BCUT2D eigenvalue weighted by Gasteiger charge is 2.35. The molecule has 2 aromatic rings. The zero-order valence-electron chi connectivity index (χ0n) is 13.5. The van der Waals surface area contributed by atoms with Gasteiger partial charge in [0.2, 0.25) is 10.0 Å². The quantitative estimate of drug-likeness (QED) is 0.851. The number of benzene rings is 1. The van der Waals surface area contributed by atoms with Crippen molar-refractivity contribution in [3.8, 4) is 5.75 Å². The van der Waals surface area contributed by atoms with Crippen molar-refractivity contribution in [2.75, 3.05) is 19.6 Å². The Bertz CT molecular complexity index is 866. The lowest BCUT2D eigenvalue weighted by Crippen LogP contribution is -2.48. The molecule has 10 heteroatoms. The van der Waals surface area contributed by atoms with E-state index in [0.717, 1.165) is 12.1 Å². The number of rotatable bonds is 5. The number of ether oxygens (including phenoxy) is 1. The molecule has 140 valence electrons. The van der Waals surface area contributed by atoms with Crippen molar-refractivity contribution in [2.24, 2.45) is 0 Å². The standard InChI is InChI=1S/C16H16F3N3O3S/c17-13-8-12(3-4-15(13)25-16(18)19)26(23,24)22-7-6-21-10-14(22)11-2-1-5-20-9-11/h1-5,8-9,14,16,21H,6-7,10H2. The summed E-state index contributed by atoms with van der Waals surface area (Å²) in [4.78, 5) is 3.68. The first-order valence-electron chi connectivity index (χ1n) is 7.76. The number of hydrogen-bond donors (Lipinski definition) is 1. The number of sulfonamides is 1. The minimum absolute atomic E-state index is 0.179. The molecule has 1 aliphatic heterocycles. The van der Waals surface area contributed by atoms with Gasteiger partial charge in [0.1, 0.15) is 0 Å². The number of nitrogens with one attached hydrogen (secondary N) is 1. The molecule has 1 aliphatic rings. The van der Waals surface area contributed by atoms with Gasteiger partial charge in [-0.1, -0.05) is 6.07 Å². The Morgan fingerprint density at radius 3 is 2.77 bits per heavy atom. The van der Waals surface area contributed by atoms with Crippen LogP contribution in [0.15, 0.2) is 47.6 Å². The van der Waals surface area contributed by atoms with E-state index in [2.05, 4.69) is 15.0 Å². The van der Waals surface area contributed by atoms with E-state index in [1.807, 2.05) is 0 Å². The summed E-state index contributed by atoms with van der Waals surface area (Å²) in [6, 6.07) is 5.57. The molecule has 0 saturated carbocycles. The van der Waals surface area contributed by atoms with Gasteiger partial charge in [-0.2, -0.15) is 13.1 Å². The van der Waals surface area contributed by atoms with E-state index in [0.29, 0.717) is 24.7 Å². The topological polar surface area (TPSA) is 71.5 Å². The lowest BCUT2D eigenvalue weighted by molar-refractivity contribution is -0.0522. The lowest BCUT2D eigenvalue weighted by Gasteiger charge is -2.35. The van der Waals surface area contributed by atoms with E-state index in [1.54, 1.807) is 24.5 Å². The summed E-state index contributed by atoms with van der Waals surface area (Å²) in [6.45, 7) is -2.21. The number of pyridine rings is 1. The predicted octanol–water partition coefficient (Wildman–Crippen LogP) is 2.16. The molecule has 0 radical (unpaired) electrons. The van der Waals surface area contributed by atoms with Crippen LogP contribution >= 0.6 is 0 Å². The van der Waals surface area contributed by atoms with E-state index in [9.17, 15) is 21.6 Å². The van der Waals surface area contributed by atoms with Gasteiger partial charge in [0.25, 0.3) is 0 Å². The van der Waals surface area contributed by atoms with E-state index in [1.165, 1.54) is 4.31 Å². The minimum Gasteiger partial charge on any atom is -0.432 e. The summed E-state index contributed by atoms with van der Waals surface area (Å²) in [5.74, 6) is -1.87. The van der Waals surface area contributed by atoms with Crippen molar-refractivity contribution >= 4 is 10.0 Å². The second kappa shape index (κ2) is 7.60. The van der Waals surface area contributed by atoms with Crippen LogP contribution in [0.1, 0.15) is 11.6 Å². The molecular formula is C16H16F3N3O3S. The highest BCUT2D eigenvalue weighted by molar-refractivity contribution is 7.89. The molecule has 6 nitrogen and oxygen atoms in total. The van der Waals surface area contributed by atoms with Gasteiger partial charge in [-0.25, -0.2) is 12.8 Å². The van der Waals surface area contributed by atoms with Crippen molar-refractivity contribution < 1.29 is 26.3 Å². The number of piperazine rings is 1. The average molecular weight is 387 g/mol. The molecule has 1 atom stereocenters. The second-order valence-electron chi connectivity index (χ2n) is 5.59. The van der Waals surface area contributed by atoms with E-state index >= 15 is 0 Å². The van der Waals surface area contributed by atoms with Gasteiger partial charge in [0, 0.05) is 32.0 Å². The molecule has 1 fully saturated rings. The van der Waals surface area contributed by atoms with Crippen LogP contribution in [0.25, 0.3) is 0 Å². The number of nitrogens with zero attached hydrogens (tertiary/aromatic N) is 2. The summed E-state index contributed by atoms with van der Waals surface area (Å²) < 4.78 is 69.7. The van der Waals surface area contributed by atoms with Gasteiger partial charge < -0.3 is 10.1 Å². The maximum atomic E-state index is 14.0. The summed E-state index contributed by atoms with van der Waals surface area (Å²) in [5.41, 5.74) is 0.696. The van der Waals surface area contributed by atoms with Crippen molar-refractivity contribution in [3.05, 3.63) is 54.1 Å². The number of halogens is 3. The van der Waals surface area contributed by atoms with E-state index in [-0.39, 0.29) is 11.4 Å². The Kier molecular flexibility index (Phi) is 5.44. The Morgan fingerprint density at radius 2 is 2.12 bits per heavy atom. The maximum absolute atomic E-state index is 14.0. The van der Waals surface area contributed by atoms with Gasteiger partial charge in [-0.15, -0.1) is 0 Å². The van der Waals surface area contributed by atoms with Gasteiger partial charge in [-0.05, 0) is 29.8 Å². The molecule has 1 N–H and O–H groups in total. The highest BCUT2D eigenvalue weighted by atomic mass is 32.2. The third-order valence-corrected chi connectivity index (χ3v) is 5.89. The smallest absolute Gasteiger partial charge is 0.387 e. The third kappa shape index (κ3) is 3.81. The fourth-order valence-electron chi connectivity index (χ4n) is 2.80. The Morgan fingerprint density at radius 1 is 1.31 bits per heavy atom. The Labute approximate surface area is 148 Å². The maximum Gasteiger partial charge on any atom is 0.387 e. The molecule has 1 aromatic heterocycles. The molecule has 26 heavy (non-hydrogen) atoms. The van der Waals surface area contributed by atoms with Crippen LogP contribution in [-0.4, -0.2) is 44.0 Å². The molecule has 1 unspecified atom stereocenters. The van der Waals surface area contributed by atoms with E-state index < -0.39 is 34.2 Å². The van der Waals surface area contributed by atoms with Crippen LogP contribution < -0.4 is 10.1 Å². The predicted molar refractivity (Wildman–Crippen MR) is 86.8 cm³/mol. The van der Waals surface area contributed by atoms with Gasteiger partial charge in [0.05, 0.1) is 10.9 Å². The first-order chi connectivity index (χ1) is 12.4. The molecule has 1 aromatic carbocycles. The average Bonchev–Trinajstić information content (AvgIpc) is 2.63. The molecular weight excluding hydrogens is 371 g/mol. The summed E-state index contributed by atoms with van der Waals surface area (Å²) in [5, 5.41) is 3.12. The third-order valence-electron chi connectivity index (χ3n) is 3.99. The molecule has 3 rings (SSSR count). The minimum atomic E-state index is -4.04. The van der Waals surface area contributed by atoms with Crippen LogP contribution in [0.5, 0.6) is 5.75 Å². The van der Waals surface area contributed by atoms with E-state index in [4.69, 9.17) is 0 Å². The molecule has 0 aliphatic carbocycles. The van der Waals surface area contributed by atoms with Gasteiger partial charge in [0.15, 0.2) is 11.6 Å². The zero-order chi connectivity index (χ0) is 18.7. The van der Waals surface area contributed by atoms with Crippen molar-refractivity contribution in [3.63, 3.8) is 0 Å². The van der Waals surface area contributed by atoms with Crippen LogP contribution in [0.3, 0.4) is 0 Å². The fourth-order valence-corrected chi connectivity index (χ4v) is 4.43. The number of alkyl halides is 2. The molecule has 0 spiro atoms. The Balaban J connectivity index is 1.94. The van der Waals surface area contributed by atoms with Crippen LogP contribution in [-0.2, 0) is 10.0 Å². The van der Waals surface area contributed by atoms with Crippen molar-refractivity contribution in [2.45, 2.75) is 17.5 Å². The molecule has 0 amide bonds. The largest absolute Gasteiger partial charge is 0.432 e. The van der Waals surface area contributed by atoms with Crippen LogP contribution in [0.4, 0.5) is 13.2 Å². The summed E-state index contributed by atoms with van der Waals surface area (Å²) >= 11 is 0. The number of hydrogen-bond acceptors (Lipinski definition) is 5. The second-order valence-corrected chi connectivity index (χ2v) is 7.48. The van der Waals surface area contributed by atoms with Crippen LogP contribution in [0.2, 0.25) is 0 Å². The van der Waals surface area contributed by atoms with Gasteiger partial charge in [-0.3, -0.25) is 4.98 Å². The Hall–Kier alpha value is -2.17. The lowest BCUT2D eigenvalue weighted by atomic mass is 10.1. The monoisotopic (exact) mass is 387 g/mol. The van der Waals surface area contributed by atoms with Crippen molar-refractivity contribution in [1.82, 2.24) is 14.6 Å². The van der Waals surface area contributed by atoms with Gasteiger partial charge >= 0.3 is 6.61 Å². The number of aromatic nitrogens is 1. The SMILES string of the molecule is O=S(=O)(c1ccc(OC(F)F)c(F)c1)N1CCNCC1c1cccnc1. The summed E-state index contributed by atoms with van der Waals surface area (Å²) in [7, 11) is -4.04. The zero-order valence-corrected chi connectivity index (χ0v) is 14.3. The fraction of sp³-hybridized carbons (Fsp3) is 0.312. The molecule has 1 saturated heterocycles. The van der Waals surface area contributed by atoms with Crippen LogP contribution in [0, 0.1) is 5.82 Å². The normalized spacial score (nSPS) is 18.8.